The maximum Gasteiger partial charge on any atom is 0.196 e. The van der Waals surface area contributed by atoms with E-state index in [0.717, 1.165) is 32.6 Å². The minimum Gasteiger partial charge on any atom is -0.288 e. The number of carbonyl (C=O) groups is 1. The molecule has 0 bridgehead atoms. The van der Waals surface area contributed by atoms with Crippen LogP contribution in [0.3, 0.4) is 0 Å². The second-order valence-corrected chi connectivity index (χ2v) is 15.9. The van der Waals surface area contributed by atoms with E-state index in [9.17, 15) is 0 Å². The van der Waals surface area contributed by atoms with Crippen LogP contribution in [0.4, 0.5) is 0 Å². The lowest BCUT2D eigenvalue weighted by Gasteiger charge is -2.33. The fraction of sp³-hybridized carbons (Fsp3) is 0.0476. The van der Waals surface area contributed by atoms with Crippen molar-refractivity contribution >= 4 is 68.1 Å². The fourth-order valence-electron chi connectivity index (χ4n) is 6.18. The van der Waals surface area contributed by atoms with E-state index < -0.39 is 6.89 Å². The van der Waals surface area contributed by atoms with Gasteiger partial charge >= 0.3 is 0 Å². The lowest BCUT2D eigenvalue weighted by molar-refractivity contribution is 0.106. The Hall–Kier alpha value is -4.79. The highest BCUT2D eigenvalue weighted by Gasteiger charge is 2.37. The topological polar surface area (TPSA) is 42.9 Å². The Balaban J connectivity index is 1.78. The minimum absolute atomic E-state index is 0.109. The van der Waals surface area contributed by atoms with E-state index in [1.165, 1.54) is 0 Å². The molecule has 0 spiro atoms. The van der Waals surface area contributed by atoms with E-state index in [0.29, 0.717) is 43.3 Å². The summed E-state index contributed by atoms with van der Waals surface area (Å²) in [6.45, 7) is 1.10. The molecule has 1 heterocycles. The Morgan fingerprint density at radius 1 is 0.542 bits per heavy atom. The molecule has 6 heteroatoms. The molecule has 0 unspecified atom stereocenters. The molecule has 234 valence electrons. The van der Waals surface area contributed by atoms with Gasteiger partial charge in [0.25, 0.3) is 0 Å². The number of halogens is 2. The number of aryl methyl sites for hydroxylation is 2. The van der Waals surface area contributed by atoms with Crippen molar-refractivity contribution in [3.63, 3.8) is 0 Å². The second kappa shape index (κ2) is 13.4. The molecule has 0 atom stereocenters. The number of Topliss-reactive ketones (excluding diaryl/α,β-unsaturated/α-hetero) is 1. The number of ketones is 1. The highest BCUT2D eigenvalue weighted by atomic mass is 35.5. The van der Waals surface area contributed by atoms with Crippen molar-refractivity contribution in [3.8, 4) is 11.3 Å². The number of benzene rings is 6. The summed E-state index contributed by atoms with van der Waals surface area (Å²) in [5.41, 5.74) is 5.87. The van der Waals surface area contributed by atoms with Gasteiger partial charge in [0.15, 0.2) is 5.78 Å². The minimum atomic E-state index is -2.97. The standard InChI is InChI=1S/C42H31Cl2N2OP/c1-28-18-22-30(23-19-28)39-40(46-38-27-36(44)35(43)26-37(38)45-39)42(41(47)31-24-20-29(2)21-25-31)48(32-12-6-3-7-13-32,33-14-8-4-9-15-33)34-16-10-5-11-17-34/h3-27H,1-2H3. The number of hydrogen-bond acceptors (Lipinski definition) is 3. The first-order chi connectivity index (χ1) is 23.4. The zero-order valence-electron chi connectivity index (χ0n) is 26.4. The highest BCUT2D eigenvalue weighted by Crippen LogP contribution is 2.49. The average molecular weight is 682 g/mol. The molecule has 0 aliphatic carbocycles. The summed E-state index contributed by atoms with van der Waals surface area (Å²) in [7, 11) is 0. The number of nitrogens with zero attached hydrogens (tertiary/aromatic N) is 2. The molecular formula is C42H31Cl2N2OP. The summed E-state index contributed by atoms with van der Waals surface area (Å²) in [6.07, 6.45) is 0. The van der Waals surface area contributed by atoms with Crippen molar-refractivity contribution in [1.29, 1.82) is 0 Å². The second-order valence-electron chi connectivity index (χ2n) is 11.8. The number of hydrogen-bond donors (Lipinski definition) is 0. The van der Waals surface area contributed by atoms with Gasteiger partial charge in [0.05, 0.1) is 32.1 Å². The first-order valence-corrected chi connectivity index (χ1v) is 18.2. The maximum absolute atomic E-state index is 15.6. The van der Waals surface area contributed by atoms with Crippen molar-refractivity contribution in [2.45, 2.75) is 13.8 Å². The average Bonchev–Trinajstić information content (AvgIpc) is 3.12. The lowest BCUT2D eigenvalue weighted by atomic mass is 10.0. The van der Waals surface area contributed by atoms with Crippen molar-refractivity contribution in [2.24, 2.45) is 0 Å². The van der Waals surface area contributed by atoms with Crippen LogP contribution in [0.1, 0.15) is 27.2 Å². The van der Waals surface area contributed by atoms with Crippen LogP contribution in [-0.4, -0.2) is 21.0 Å². The quantitative estimate of drug-likeness (QED) is 0.124. The zero-order chi connectivity index (χ0) is 33.3. The molecule has 1 aromatic heterocycles. The Labute approximate surface area is 290 Å². The first kappa shape index (κ1) is 31.8. The Bertz CT molecular complexity index is 2220. The Morgan fingerprint density at radius 3 is 1.42 bits per heavy atom. The number of carbonyl (C=O) groups excluding carboxylic acids is 1. The van der Waals surface area contributed by atoms with E-state index in [1.54, 1.807) is 12.1 Å². The molecule has 7 aromatic rings. The van der Waals surface area contributed by atoms with Gasteiger partial charge in [-0.15, -0.1) is 0 Å². The smallest absolute Gasteiger partial charge is 0.196 e. The first-order valence-electron chi connectivity index (χ1n) is 15.7. The summed E-state index contributed by atoms with van der Waals surface area (Å²) >= 11 is 13.1. The number of fused-ring (bicyclic) bond motifs is 1. The van der Waals surface area contributed by atoms with Gasteiger partial charge in [-0.05, 0) is 48.8 Å². The molecule has 7 rings (SSSR count). The summed E-state index contributed by atoms with van der Waals surface area (Å²) in [5.74, 6) is -0.109. The van der Waals surface area contributed by atoms with Crippen molar-refractivity contribution in [3.05, 3.63) is 184 Å². The molecule has 0 N–H and O–H groups in total. The van der Waals surface area contributed by atoms with Gasteiger partial charge in [-0.25, -0.2) is 9.97 Å². The molecule has 3 nitrogen and oxygen atoms in total. The third-order valence-corrected chi connectivity index (χ3v) is 13.6. The van der Waals surface area contributed by atoms with E-state index in [4.69, 9.17) is 33.2 Å². The van der Waals surface area contributed by atoms with Gasteiger partial charge in [0, 0.05) is 11.1 Å². The molecule has 0 saturated heterocycles. The van der Waals surface area contributed by atoms with Gasteiger partial charge in [0.1, 0.15) is 5.69 Å². The summed E-state index contributed by atoms with van der Waals surface area (Å²) in [5, 5.41) is 4.44. The van der Waals surface area contributed by atoms with Gasteiger partial charge in [-0.1, -0.05) is 174 Å². The van der Waals surface area contributed by atoms with Crippen LogP contribution in [-0.2, 0) is 0 Å². The summed E-state index contributed by atoms with van der Waals surface area (Å²) in [4.78, 5) is 26.2. The number of rotatable bonds is 7. The molecule has 0 saturated carbocycles. The van der Waals surface area contributed by atoms with E-state index in [1.807, 2.05) is 105 Å². The predicted octanol–water partition coefficient (Wildman–Crippen LogP) is 9.62. The largest absolute Gasteiger partial charge is 0.288 e. The van der Waals surface area contributed by atoms with Crippen molar-refractivity contribution in [2.75, 3.05) is 0 Å². The Morgan fingerprint density at radius 2 is 0.958 bits per heavy atom. The van der Waals surface area contributed by atoms with Crippen molar-refractivity contribution < 1.29 is 4.79 Å². The van der Waals surface area contributed by atoms with Gasteiger partial charge in [-0.2, -0.15) is 0 Å². The van der Waals surface area contributed by atoms with E-state index in [2.05, 4.69) is 48.5 Å². The van der Waals surface area contributed by atoms with Gasteiger partial charge in [0.2, 0.25) is 0 Å². The van der Waals surface area contributed by atoms with Gasteiger partial charge < -0.3 is 0 Å². The van der Waals surface area contributed by atoms with E-state index in [-0.39, 0.29) is 5.78 Å². The molecule has 0 aliphatic rings. The molecule has 6 aromatic carbocycles. The van der Waals surface area contributed by atoms with Crippen LogP contribution in [0.5, 0.6) is 0 Å². The molecule has 48 heavy (non-hydrogen) atoms. The monoisotopic (exact) mass is 680 g/mol. The summed E-state index contributed by atoms with van der Waals surface area (Å²) < 4.78 is 0. The van der Waals surface area contributed by atoms with Crippen LogP contribution in [0.25, 0.3) is 22.3 Å². The third-order valence-electron chi connectivity index (χ3n) is 8.55. The lowest BCUT2D eigenvalue weighted by Crippen LogP contribution is -2.35. The van der Waals surface area contributed by atoms with Crippen LogP contribution in [0, 0.1) is 13.8 Å². The highest BCUT2D eigenvalue weighted by molar-refractivity contribution is 7.97. The summed E-state index contributed by atoms with van der Waals surface area (Å²) in [6, 6.07) is 50.5. The van der Waals surface area contributed by atoms with Crippen LogP contribution < -0.4 is 15.9 Å². The number of aromatic nitrogens is 2. The van der Waals surface area contributed by atoms with E-state index >= 15 is 4.79 Å². The SMILES string of the molecule is Cc1ccc(C(=O)C(c2nc3cc(Cl)c(Cl)cc3nc2-c2ccc(C)cc2)=P(c2ccccc2)(c2ccccc2)c2ccccc2)cc1. The Kier molecular flexibility index (Phi) is 8.86. The zero-order valence-corrected chi connectivity index (χ0v) is 28.8. The molecule has 0 amide bonds. The van der Waals surface area contributed by atoms with Gasteiger partial charge in [-0.3, -0.25) is 4.79 Å². The predicted molar refractivity (Wildman–Crippen MR) is 204 cm³/mol. The molecule has 0 fully saturated rings. The molecule has 0 aliphatic heterocycles. The maximum atomic E-state index is 15.6. The third kappa shape index (κ3) is 5.80. The van der Waals surface area contributed by atoms with Crippen LogP contribution in [0.15, 0.2) is 152 Å². The normalized spacial score (nSPS) is 11.4. The van der Waals surface area contributed by atoms with Crippen LogP contribution in [0.2, 0.25) is 10.0 Å². The van der Waals surface area contributed by atoms with Crippen molar-refractivity contribution in [1.82, 2.24) is 9.97 Å². The fourth-order valence-corrected chi connectivity index (χ4v) is 10.9. The van der Waals surface area contributed by atoms with Crippen LogP contribution >= 0.6 is 30.1 Å². The molecular weight excluding hydrogens is 650 g/mol. The molecule has 0 radical (unpaired) electrons.